The Morgan fingerprint density at radius 2 is 2.05 bits per heavy atom. The Bertz CT molecular complexity index is 540. The molecule has 1 aromatic carbocycles. The molecule has 6 heteroatoms. The van der Waals surface area contributed by atoms with E-state index in [0.717, 1.165) is 12.8 Å². The molecule has 1 saturated heterocycles. The molecule has 0 aromatic heterocycles. The molecule has 108 valence electrons. The monoisotopic (exact) mass is 314 g/mol. The highest BCUT2D eigenvalue weighted by Gasteiger charge is 2.51. The van der Waals surface area contributed by atoms with Crippen molar-refractivity contribution in [2.75, 3.05) is 25.0 Å². The van der Waals surface area contributed by atoms with Gasteiger partial charge < -0.3 is 10.4 Å². The lowest BCUT2D eigenvalue weighted by Gasteiger charge is -2.46. The highest BCUT2D eigenvalue weighted by atomic mass is 35.5. The van der Waals surface area contributed by atoms with Crippen LogP contribution in [0, 0.1) is 5.92 Å². The van der Waals surface area contributed by atoms with E-state index in [4.69, 9.17) is 23.2 Å². The first-order valence-corrected chi connectivity index (χ1v) is 7.41. The molecule has 3 rings (SSSR count). The quantitative estimate of drug-likeness (QED) is 0.897. The molecule has 4 nitrogen and oxygen atoms in total. The lowest BCUT2D eigenvalue weighted by Crippen LogP contribution is -2.64. The standard InChI is InChI=1S/C14H16Cl2N2O2/c15-11-4-3-10(5-12(11)16)17-13(19)6-18-7-14(20,8-18)9-1-2-9/h3-5,9,20H,1-2,6-8H2,(H,17,19). The van der Waals surface area contributed by atoms with Gasteiger partial charge in [0.2, 0.25) is 5.91 Å². The van der Waals surface area contributed by atoms with Gasteiger partial charge in [0.15, 0.2) is 0 Å². The van der Waals surface area contributed by atoms with Gasteiger partial charge in [0, 0.05) is 18.8 Å². The van der Waals surface area contributed by atoms with E-state index in [1.54, 1.807) is 18.2 Å². The molecule has 1 aliphatic heterocycles. The third-order valence-electron chi connectivity index (χ3n) is 3.90. The van der Waals surface area contributed by atoms with Gasteiger partial charge in [-0.15, -0.1) is 0 Å². The second-order valence-corrected chi connectivity index (χ2v) is 6.51. The van der Waals surface area contributed by atoms with Crippen molar-refractivity contribution in [3.63, 3.8) is 0 Å². The van der Waals surface area contributed by atoms with Gasteiger partial charge in [-0.25, -0.2) is 0 Å². The SMILES string of the molecule is O=C(CN1CC(O)(C2CC2)C1)Nc1ccc(Cl)c(Cl)c1. The number of likely N-dealkylation sites (tertiary alicyclic amines) is 1. The van der Waals surface area contributed by atoms with Crippen molar-refractivity contribution in [1.82, 2.24) is 4.90 Å². The molecule has 20 heavy (non-hydrogen) atoms. The normalized spacial score (nSPS) is 21.4. The van der Waals surface area contributed by atoms with E-state index in [0.29, 0.717) is 34.7 Å². The summed E-state index contributed by atoms with van der Waals surface area (Å²) in [5.74, 6) is 0.332. The molecule has 0 atom stereocenters. The van der Waals surface area contributed by atoms with Gasteiger partial charge in [-0.3, -0.25) is 9.69 Å². The highest BCUT2D eigenvalue weighted by molar-refractivity contribution is 6.42. The van der Waals surface area contributed by atoms with Crippen molar-refractivity contribution in [2.24, 2.45) is 5.92 Å². The fourth-order valence-electron chi connectivity index (χ4n) is 2.70. The summed E-state index contributed by atoms with van der Waals surface area (Å²) in [6, 6.07) is 4.98. The molecule has 1 saturated carbocycles. The van der Waals surface area contributed by atoms with Crippen LogP contribution < -0.4 is 5.32 Å². The highest BCUT2D eigenvalue weighted by Crippen LogP contribution is 2.44. The maximum Gasteiger partial charge on any atom is 0.238 e. The number of β-amino-alcohol motifs (C(OH)–C–C–N with tert-alkyl or cyclic N) is 1. The Balaban J connectivity index is 1.49. The third kappa shape index (κ3) is 2.93. The molecule has 2 fully saturated rings. The number of nitrogens with zero attached hydrogens (tertiary/aromatic N) is 1. The molecule has 0 unspecified atom stereocenters. The van der Waals surface area contributed by atoms with E-state index in [9.17, 15) is 9.90 Å². The minimum atomic E-state index is -0.552. The van der Waals surface area contributed by atoms with Crippen LogP contribution in [-0.4, -0.2) is 41.1 Å². The van der Waals surface area contributed by atoms with Crippen LogP contribution in [0.5, 0.6) is 0 Å². The second-order valence-electron chi connectivity index (χ2n) is 5.70. The summed E-state index contributed by atoms with van der Waals surface area (Å²) in [4.78, 5) is 13.8. The van der Waals surface area contributed by atoms with Crippen LogP contribution >= 0.6 is 23.2 Å². The molecule has 2 aliphatic rings. The summed E-state index contributed by atoms with van der Waals surface area (Å²) in [6.45, 7) is 1.47. The van der Waals surface area contributed by atoms with E-state index >= 15 is 0 Å². The molecule has 0 bridgehead atoms. The summed E-state index contributed by atoms with van der Waals surface area (Å²) < 4.78 is 0. The summed E-state index contributed by atoms with van der Waals surface area (Å²) in [7, 11) is 0. The van der Waals surface area contributed by atoms with E-state index < -0.39 is 5.60 Å². The Hall–Kier alpha value is -0.810. The smallest absolute Gasteiger partial charge is 0.238 e. The first-order chi connectivity index (χ1) is 9.46. The van der Waals surface area contributed by atoms with E-state index in [2.05, 4.69) is 5.32 Å². The summed E-state index contributed by atoms with van der Waals surface area (Å²) in [6.07, 6.45) is 2.22. The zero-order valence-corrected chi connectivity index (χ0v) is 12.4. The lowest BCUT2D eigenvalue weighted by atomic mass is 9.89. The Labute approximate surface area is 127 Å². The topological polar surface area (TPSA) is 52.6 Å². The number of hydrogen-bond donors (Lipinski definition) is 2. The molecule has 0 spiro atoms. The number of halogens is 2. The number of carbonyl (C=O) groups is 1. The zero-order valence-electron chi connectivity index (χ0n) is 10.9. The number of aliphatic hydroxyl groups is 1. The molecule has 1 aromatic rings. The number of anilines is 1. The van der Waals surface area contributed by atoms with Crippen molar-refractivity contribution in [3.05, 3.63) is 28.2 Å². The van der Waals surface area contributed by atoms with Crippen LogP contribution in [0.15, 0.2) is 18.2 Å². The van der Waals surface area contributed by atoms with Crippen molar-refractivity contribution in [1.29, 1.82) is 0 Å². The number of benzene rings is 1. The minimum Gasteiger partial charge on any atom is -0.387 e. The van der Waals surface area contributed by atoms with Crippen LogP contribution in [0.25, 0.3) is 0 Å². The number of hydrogen-bond acceptors (Lipinski definition) is 3. The first kappa shape index (κ1) is 14.1. The molecule has 0 radical (unpaired) electrons. The molecular formula is C14H16Cl2N2O2. The molecule has 1 heterocycles. The van der Waals surface area contributed by atoms with Gasteiger partial charge in [-0.05, 0) is 37.0 Å². The fraction of sp³-hybridized carbons (Fsp3) is 0.500. The average Bonchev–Trinajstić information content (AvgIpc) is 3.16. The summed E-state index contributed by atoms with van der Waals surface area (Å²) in [5.41, 5.74) is 0.0755. The maximum atomic E-state index is 11.9. The van der Waals surface area contributed by atoms with Gasteiger partial charge in [-0.1, -0.05) is 23.2 Å². The van der Waals surface area contributed by atoms with Gasteiger partial charge in [-0.2, -0.15) is 0 Å². The van der Waals surface area contributed by atoms with Crippen LogP contribution in [-0.2, 0) is 4.79 Å². The molecule has 1 aliphatic carbocycles. The molecule has 2 N–H and O–H groups in total. The van der Waals surface area contributed by atoms with E-state index in [1.165, 1.54) is 0 Å². The zero-order chi connectivity index (χ0) is 14.3. The van der Waals surface area contributed by atoms with E-state index in [-0.39, 0.29) is 12.5 Å². The fourth-order valence-corrected chi connectivity index (χ4v) is 2.99. The van der Waals surface area contributed by atoms with Gasteiger partial charge in [0.25, 0.3) is 0 Å². The predicted molar refractivity (Wildman–Crippen MR) is 79.2 cm³/mol. The van der Waals surface area contributed by atoms with Crippen LogP contribution in [0.1, 0.15) is 12.8 Å². The van der Waals surface area contributed by atoms with Gasteiger partial charge >= 0.3 is 0 Å². The maximum absolute atomic E-state index is 11.9. The predicted octanol–water partition coefficient (Wildman–Crippen LogP) is 2.39. The van der Waals surface area contributed by atoms with Gasteiger partial charge in [0.1, 0.15) is 0 Å². The first-order valence-electron chi connectivity index (χ1n) is 6.66. The summed E-state index contributed by atoms with van der Waals surface area (Å²) >= 11 is 11.7. The number of carbonyl (C=O) groups excluding carboxylic acids is 1. The number of amides is 1. The summed E-state index contributed by atoms with van der Waals surface area (Å²) in [5, 5.41) is 13.8. The molecule has 1 amide bonds. The van der Waals surface area contributed by atoms with Crippen molar-refractivity contribution in [3.8, 4) is 0 Å². The van der Waals surface area contributed by atoms with Crippen LogP contribution in [0.4, 0.5) is 5.69 Å². The average molecular weight is 315 g/mol. The Morgan fingerprint density at radius 1 is 1.35 bits per heavy atom. The second kappa shape index (κ2) is 5.19. The lowest BCUT2D eigenvalue weighted by molar-refractivity contribution is -0.132. The number of nitrogens with one attached hydrogen (secondary N) is 1. The Kier molecular flexibility index (Phi) is 3.67. The Morgan fingerprint density at radius 3 is 2.65 bits per heavy atom. The van der Waals surface area contributed by atoms with Crippen molar-refractivity contribution >= 4 is 34.8 Å². The van der Waals surface area contributed by atoms with Crippen molar-refractivity contribution < 1.29 is 9.90 Å². The molecular weight excluding hydrogens is 299 g/mol. The van der Waals surface area contributed by atoms with Crippen molar-refractivity contribution in [2.45, 2.75) is 18.4 Å². The minimum absolute atomic E-state index is 0.110. The third-order valence-corrected chi connectivity index (χ3v) is 4.64. The van der Waals surface area contributed by atoms with Gasteiger partial charge in [0.05, 0.1) is 22.2 Å². The largest absolute Gasteiger partial charge is 0.387 e. The van der Waals surface area contributed by atoms with Crippen LogP contribution in [0.3, 0.4) is 0 Å². The van der Waals surface area contributed by atoms with Crippen LogP contribution in [0.2, 0.25) is 10.0 Å². The van der Waals surface area contributed by atoms with E-state index in [1.807, 2.05) is 4.90 Å². The number of rotatable bonds is 4.